The van der Waals surface area contributed by atoms with E-state index in [-0.39, 0.29) is 11.6 Å². The van der Waals surface area contributed by atoms with Gasteiger partial charge in [-0.1, -0.05) is 0 Å². The first kappa shape index (κ1) is 14.4. The lowest BCUT2D eigenvalue weighted by molar-refractivity contribution is 0.0697. The third-order valence-electron chi connectivity index (χ3n) is 2.70. The van der Waals surface area contributed by atoms with E-state index in [0.717, 1.165) is 17.7 Å². The van der Waals surface area contributed by atoms with Gasteiger partial charge in [-0.25, -0.2) is 9.78 Å². The number of hydrogen-bond donors (Lipinski definition) is 2. The number of methoxy groups -OCH3 is 1. The van der Waals surface area contributed by atoms with Crippen LogP contribution < -0.4 is 5.32 Å². The summed E-state index contributed by atoms with van der Waals surface area (Å²) in [6.45, 7) is 6.23. The summed E-state index contributed by atoms with van der Waals surface area (Å²) in [5.74, 6) is -0.523. The number of aromatic nitrogens is 1. The second-order valence-electron chi connectivity index (χ2n) is 4.44. The highest BCUT2D eigenvalue weighted by atomic mass is 16.5. The monoisotopic (exact) mass is 252 g/mol. The van der Waals surface area contributed by atoms with Crippen molar-refractivity contribution in [3.8, 4) is 0 Å². The Morgan fingerprint density at radius 1 is 1.56 bits per heavy atom. The summed E-state index contributed by atoms with van der Waals surface area (Å²) >= 11 is 0. The molecule has 0 radical (unpaired) electrons. The predicted octanol–water partition coefficient (Wildman–Crippen LogP) is 2.23. The van der Waals surface area contributed by atoms with Crippen molar-refractivity contribution in [2.24, 2.45) is 0 Å². The van der Waals surface area contributed by atoms with Crippen LogP contribution >= 0.6 is 0 Å². The first-order chi connectivity index (χ1) is 8.45. The normalized spacial score (nSPS) is 12.2. The zero-order valence-electron chi connectivity index (χ0n) is 11.3. The van der Waals surface area contributed by atoms with Crippen molar-refractivity contribution in [2.75, 3.05) is 19.0 Å². The van der Waals surface area contributed by atoms with Gasteiger partial charge in [0.2, 0.25) is 0 Å². The Balaban J connectivity index is 2.96. The molecule has 0 aliphatic carbocycles. The Bertz CT molecular complexity index is 432. The van der Waals surface area contributed by atoms with Crippen LogP contribution in [0.3, 0.4) is 0 Å². The number of rotatable bonds is 6. The van der Waals surface area contributed by atoms with Crippen LogP contribution in [-0.2, 0) is 4.74 Å². The summed E-state index contributed by atoms with van der Waals surface area (Å²) in [5.41, 5.74) is 1.76. The summed E-state index contributed by atoms with van der Waals surface area (Å²) in [7, 11) is 1.64. The number of carboxylic acids is 1. The number of pyridine rings is 1. The highest BCUT2D eigenvalue weighted by Gasteiger charge is 2.16. The number of nitrogens with one attached hydrogen (secondary N) is 1. The lowest BCUT2D eigenvalue weighted by Crippen LogP contribution is -2.21. The Kier molecular flexibility index (Phi) is 5.09. The molecule has 18 heavy (non-hydrogen) atoms. The van der Waals surface area contributed by atoms with E-state index in [2.05, 4.69) is 10.3 Å². The van der Waals surface area contributed by atoms with Crippen molar-refractivity contribution in [2.45, 2.75) is 33.2 Å². The number of aryl methyl sites for hydroxylation is 2. The van der Waals surface area contributed by atoms with E-state index in [0.29, 0.717) is 12.4 Å². The van der Waals surface area contributed by atoms with Gasteiger partial charge in [0.25, 0.3) is 0 Å². The quantitative estimate of drug-likeness (QED) is 0.812. The molecule has 0 spiro atoms. The molecule has 0 aliphatic rings. The summed E-state index contributed by atoms with van der Waals surface area (Å²) in [4.78, 5) is 15.5. The number of hydrogen-bond acceptors (Lipinski definition) is 4. The fraction of sp³-hybridized carbons (Fsp3) is 0.538. The van der Waals surface area contributed by atoms with E-state index >= 15 is 0 Å². The van der Waals surface area contributed by atoms with Gasteiger partial charge in [0, 0.05) is 25.5 Å². The molecule has 0 bridgehead atoms. The summed E-state index contributed by atoms with van der Waals surface area (Å²) in [6, 6.07) is 1.88. The van der Waals surface area contributed by atoms with Crippen LogP contribution in [0.5, 0.6) is 0 Å². The van der Waals surface area contributed by atoms with Gasteiger partial charge >= 0.3 is 5.97 Å². The van der Waals surface area contributed by atoms with E-state index in [1.54, 1.807) is 20.1 Å². The van der Waals surface area contributed by atoms with Gasteiger partial charge in [0.15, 0.2) is 0 Å². The van der Waals surface area contributed by atoms with E-state index in [1.807, 2.05) is 13.8 Å². The van der Waals surface area contributed by atoms with Crippen LogP contribution in [0.1, 0.15) is 35.0 Å². The molecule has 0 amide bonds. The molecule has 1 unspecified atom stereocenters. The van der Waals surface area contributed by atoms with Crippen molar-refractivity contribution >= 4 is 11.8 Å². The molecule has 1 atom stereocenters. The molecule has 0 aromatic carbocycles. The smallest absolute Gasteiger partial charge is 0.339 e. The van der Waals surface area contributed by atoms with Gasteiger partial charge in [-0.15, -0.1) is 0 Å². The molecule has 2 N–H and O–H groups in total. The van der Waals surface area contributed by atoms with Crippen molar-refractivity contribution in [1.29, 1.82) is 0 Å². The minimum absolute atomic E-state index is 0.108. The molecule has 5 heteroatoms. The zero-order chi connectivity index (χ0) is 13.7. The molecule has 100 valence electrons. The Labute approximate surface area is 107 Å². The highest BCUT2D eigenvalue weighted by molar-refractivity contribution is 5.94. The Morgan fingerprint density at radius 2 is 2.22 bits per heavy atom. The fourth-order valence-corrected chi connectivity index (χ4v) is 1.81. The predicted molar refractivity (Wildman–Crippen MR) is 70.2 cm³/mol. The van der Waals surface area contributed by atoms with Crippen LogP contribution in [-0.4, -0.2) is 35.8 Å². The largest absolute Gasteiger partial charge is 0.478 e. The number of aromatic carboxylic acids is 1. The number of ether oxygens (including phenoxy) is 1. The van der Waals surface area contributed by atoms with Crippen molar-refractivity contribution < 1.29 is 14.6 Å². The maximum Gasteiger partial charge on any atom is 0.339 e. The average Bonchev–Trinajstić information content (AvgIpc) is 2.24. The maximum atomic E-state index is 11.2. The van der Waals surface area contributed by atoms with Crippen LogP contribution in [0.4, 0.5) is 5.82 Å². The molecule has 0 saturated heterocycles. The van der Waals surface area contributed by atoms with E-state index < -0.39 is 5.97 Å². The minimum Gasteiger partial charge on any atom is -0.478 e. The number of nitrogens with zero attached hydrogens (tertiary/aromatic N) is 1. The van der Waals surface area contributed by atoms with Gasteiger partial charge in [-0.2, -0.15) is 0 Å². The SMILES string of the molecule is COCCC(C)Nc1nc(C)cc(C)c1C(=O)O. The molecule has 5 nitrogen and oxygen atoms in total. The molecule has 1 aromatic heterocycles. The molecule has 1 rings (SSSR count). The lowest BCUT2D eigenvalue weighted by Gasteiger charge is -2.17. The highest BCUT2D eigenvalue weighted by Crippen LogP contribution is 2.19. The van der Waals surface area contributed by atoms with Gasteiger partial charge < -0.3 is 15.2 Å². The Morgan fingerprint density at radius 3 is 2.78 bits per heavy atom. The van der Waals surface area contributed by atoms with Crippen molar-refractivity contribution in [3.05, 3.63) is 22.9 Å². The Hall–Kier alpha value is -1.62. The van der Waals surface area contributed by atoms with E-state index in [4.69, 9.17) is 4.74 Å². The zero-order valence-corrected chi connectivity index (χ0v) is 11.3. The van der Waals surface area contributed by atoms with E-state index in [1.165, 1.54) is 0 Å². The van der Waals surface area contributed by atoms with Crippen LogP contribution in [0.25, 0.3) is 0 Å². The van der Waals surface area contributed by atoms with Crippen LogP contribution in [0.2, 0.25) is 0 Å². The molecular weight excluding hydrogens is 232 g/mol. The molecule has 0 aliphatic heterocycles. The molecule has 0 fully saturated rings. The van der Waals surface area contributed by atoms with Gasteiger partial charge in [0.05, 0.1) is 0 Å². The van der Waals surface area contributed by atoms with E-state index in [9.17, 15) is 9.90 Å². The first-order valence-electron chi connectivity index (χ1n) is 5.92. The summed E-state index contributed by atoms with van der Waals surface area (Å²) < 4.78 is 5.00. The number of carbonyl (C=O) groups is 1. The average molecular weight is 252 g/mol. The standard InChI is InChI=1S/C13H20N2O3/c1-8-7-10(3)15-12(11(8)13(16)17)14-9(2)5-6-18-4/h7,9H,5-6H2,1-4H3,(H,14,15)(H,16,17). The molecule has 0 saturated carbocycles. The maximum absolute atomic E-state index is 11.2. The van der Waals surface area contributed by atoms with Gasteiger partial charge in [-0.3, -0.25) is 0 Å². The lowest BCUT2D eigenvalue weighted by atomic mass is 10.1. The van der Waals surface area contributed by atoms with Crippen molar-refractivity contribution in [1.82, 2.24) is 4.98 Å². The summed E-state index contributed by atoms with van der Waals surface area (Å²) in [5, 5.41) is 12.4. The molecule has 1 aromatic rings. The van der Waals surface area contributed by atoms with Crippen LogP contribution in [0, 0.1) is 13.8 Å². The third-order valence-corrected chi connectivity index (χ3v) is 2.70. The van der Waals surface area contributed by atoms with Crippen molar-refractivity contribution in [3.63, 3.8) is 0 Å². The summed E-state index contributed by atoms with van der Waals surface area (Å²) in [6.07, 6.45) is 0.796. The second-order valence-corrected chi connectivity index (χ2v) is 4.44. The molecular formula is C13H20N2O3. The topological polar surface area (TPSA) is 71.5 Å². The van der Waals surface area contributed by atoms with Gasteiger partial charge in [0.1, 0.15) is 11.4 Å². The molecule has 1 heterocycles. The first-order valence-corrected chi connectivity index (χ1v) is 5.92. The third kappa shape index (κ3) is 3.70. The minimum atomic E-state index is -0.957. The number of carboxylic acid groups (broad SMARTS) is 1. The van der Waals surface area contributed by atoms with Gasteiger partial charge in [-0.05, 0) is 38.8 Å². The van der Waals surface area contributed by atoms with Crippen LogP contribution in [0.15, 0.2) is 6.07 Å². The fourth-order valence-electron chi connectivity index (χ4n) is 1.81. The second kappa shape index (κ2) is 6.35. The number of anilines is 1.